The van der Waals surface area contributed by atoms with Gasteiger partial charge in [0.2, 0.25) is 0 Å². The van der Waals surface area contributed by atoms with E-state index in [-0.39, 0.29) is 24.8 Å². The molecule has 3 fully saturated rings. The first-order valence-electron chi connectivity index (χ1n) is 17.8. The molecule has 7 nitrogen and oxygen atoms in total. The second-order valence-electron chi connectivity index (χ2n) is 16.8. The van der Waals surface area contributed by atoms with Gasteiger partial charge in [-0.1, -0.05) is 66.0 Å². The highest BCUT2D eigenvalue weighted by Gasteiger charge is 2.59. The molecule has 0 spiro atoms. The van der Waals surface area contributed by atoms with Crippen LogP contribution < -0.4 is 0 Å². The molecule has 0 aromatic carbocycles. The molecule has 4 rings (SSSR count). The number of ether oxygens (including phenoxy) is 1. The third-order valence-electron chi connectivity index (χ3n) is 13.0. The molecule has 4 aliphatic rings. The number of allylic oxidation sites excluding steroid dienone is 1. The van der Waals surface area contributed by atoms with Gasteiger partial charge in [-0.15, -0.1) is 0 Å². The standard InChI is InChI=1S/C36H66NO5P.H2O/c1-10-28(26(2)3)12-11-27(4)32-15-16-33-31-14-13-29-25-30(17-19-35(29,5)34(31)18-20-36(32,33)6)40-23-24-42-43(38,39)41-22-21-37(7,8)9;/h13,26-28,30-34H,10-12,14-25H2,1-9H3;1H2/t27-,28-,30?,31+,32-,33+,34+,35+,36-;/m1./s1. The Morgan fingerprint density at radius 2 is 1.68 bits per heavy atom. The van der Waals surface area contributed by atoms with E-state index in [0.29, 0.717) is 28.5 Å². The van der Waals surface area contributed by atoms with Crippen molar-refractivity contribution in [1.82, 2.24) is 0 Å². The zero-order valence-electron chi connectivity index (χ0n) is 29.7. The van der Waals surface area contributed by atoms with E-state index in [9.17, 15) is 9.46 Å². The van der Waals surface area contributed by atoms with Gasteiger partial charge >= 0.3 is 7.82 Å². The van der Waals surface area contributed by atoms with Crippen molar-refractivity contribution < 1.29 is 33.2 Å². The third-order valence-corrected chi connectivity index (χ3v) is 14.0. The zero-order chi connectivity index (χ0) is 31.6. The lowest BCUT2D eigenvalue weighted by Crippen LogP contribution is -2.51. The van der Waals surface area contributed by atoms with Crippen molar-refractivity contribution in [1.29, 1.82) is 0 Å². The van der Waals surface area contributed by atoms with Gasteiger partial charge in [-0.2, -0.15) is 0 Å². The molecule has 2 unspecified atom stereocenters. The van der Waals surface area contributed by atoms with Gasteiger partial charge in [0.15, 0.2) is 0 Å². The van der Waals surface area contributed by atoms with Crippen LogP contribution in [0.1, 0.15) is 112 Å². The van der Waals surface area contributed by atoms with Crippen molar-refractivity contribution >= 4 is 7.82 Å². The zero-order valence-corrected chi connectivity index (χ0v) is 30.6. The highest BCUT2D eigenvalue weighted by molar-refractivity contribution is 7.47. The Morgan fingerprint density at radius 3 is 2.34 bits per heavy atom. The maximum Gasteiger partial charge on any atom is 0.472 e. The SMILES string of the molecule is CC[C@H](CC[C@@H](C)[C@H]1CC[C@H]2[C@@H]3CC=C4CC(OCCOP(=O)(O)OCC[N+](C)(C)C)CC[C@]4(C)[C@H]3CC[C@]12C)C(C)C.[OH-]. The Balaban J connectivity index is 0.00000529. The van der Waals surface area contributed by atoms with Gasteiger partial charge in [0.05, 0.1) is 40.5 Å². The van der Waals surface area contributed by atoms with E-state index in [1.807, 2.05) is 21.1 Å². The quantitative estimate of drug-likeness (QED) is 0.0832. The van der Waals surface area contributed by atoms with Crippen molar-refractivity contribution in [3.8, 4) is 0 Å². The minimum Gasteiger partial charge on any atom is -0.870 e. The van der Waals surface area contributed by atoms with E-state index in [1.54, 1.807) is 5.57 Å². The lowest BCUT2D eigenvalue weighted by molar-refractivity contribution is -0.870. The van der Waals surface area contributed by atoms with E-state index in [4.69, 9.17) is 13.8 Å². The number of phosphoric acid groups is 1. The lowest BCUT2D eigenvalue weighted by Gasteiger charge is -2.58. The smallest absolute Gasteiger partial charge is 0.472 e. The number of rotatable bonds is 15. The van der Waals surface area contributed by atoms with Crippen LogP contribution in [0.2, 0.25) is 0 Å². The molecule has 2 N–H and O–H groups in total. The summed E-state index contributed by atoms with van der Waals surface area (Å²) in [5, 5.41) is 0. The molecular weight excluding hydrogens is 573 g/mol. The van der Waals surface area contributed by atoms with Crippen molar-refractivity contribution in [2.45, 2.75) is 118 Å². The molecule has 3 saturated carbocycles. The molecule has 0 aromatic heterocycles. The molecular formula is C36H68NO6P. The van der Waals surface area contributed by atoms with Crippen molar-refractivity contribution in [3.05, 3.63) is 11.6 Å². The number of fused-ring (bicyclic) bond motifs is 5. The topological polar surface area (TPSA) is 95.0 Å². The molecule has 4 aliphatic carbocycles. The molecule has 0 aliphatic heterocycles. The average molecular weight is 642 g/mol. The number of phosphoric ester groups is 1. The summed E-state index contributed by atoms with van der Waals surface area (Å²) < 4.78 is 29.4. The largest absolute Gasteiger partial charge is 0.870 e. The van der Waals surface area contributed by atoms with Crippen LogP contribution in [-0.2, 0) is 18.3 Å². The fourth-order valence-corrected chi connectivity index (χ4v) is 11.0. The second-order valence-corrected chi connectivity index (χ2v) is 18.3. The Kier molecular flexibility index (Phi) is 13.3. The van der Waals surface area contributed by atoms with Gasteiger partial charge < -0.3 is 19.6 Å². The molecule has 8 heteroatoms. The normalized spacial score (nSPS) is 36.3. The molecule has 258 valence electrons. The van der Waals surface area contributed by atoms with Gasteiger partial charge in [-0.05, 0) is 110 Å². The van der Waals surface area contributed by atoms with Crippen molar-refractivity contribution in [3.63, 3.8) is 0 Å². The average Bonchev–Trinajstić information content (AvgIpc) is 3.27. The Bertz CT molecular complexity index is 996. The van der Waals surface area contributed by atoms with E-state index in [0.717, 1.165) is 54.3 Å². The van der Waals surface area contributed by atoms with Crippen LogP contribution in [0.4, 0.5) is 0 Å². The highest BCUT2D eigenvalue weighted by atomic mass is 31.2. The summed E-state index contributed by atoms with van der Waals surface area (Å²) in [5.74, 6) is 5.94. The molecule has 0 heterocycles. The Labute approximate surface area is 270 Å². The first-order valence-corrected chi connectivity index (χ1v) is 19.3. The van der Waals surface area contributed by atoms with Gasteiger partial charge in [-0.25, -0.2) is 4.57 Å². The Morgan fingerprint density at radius 1 is 0.977 bits per heavy atom. The van der Waals surface area contributed by atoms with Crippen LogP contribution in [0.3, 0.4) is 0 Å². The van der Waals surface area contributed by atoms with E-state index in [1.165, 1.54) is 57.8 Å². The molecule has 0 amide bonds. The fourth-order valence-electron chi connectivity index (χ4n) is 10.3. The lowest BCUT2D eigenvalue weighted by atomic mass is 9.47. The summed E-state index contributed by atoms with van der Waals surface area (Å²) in [4.78, 5) is 9.99. The summed E-state index contributed by atoms with van der Waals surface area (Å²) in [5.41, 5.74) is 2.44. The van der Waals surface area contributed by atoms with Crippen LogP contribution in [-0.4, -0.2) is 68.5 Å². The monoisotopic (exact) mass is 641 g/mol. The predicted molar refractivity (Wildman–Crippen MR) is 179 cm³/mol. The maximum absolute atomic E-state index is 12.2. The van der Waals surface area contributed by atoms with Crippen LogP contribution in [0.15, 0.2) is 11.6 Å². The molecule has 0 aromatic rings. The van der Waals surface area contributed by atoms with Crippen LogP contribution in [0, 0.1) is 52.3 Å². The number of likely N-dealkylation sites (N-methyl/N-ethyl adjacent to an activating group) is 1. The third kappa shape index (κ3) is 8.79. The molecule has 0 radical (unpaired) electrons. The van der Waals surface area contributed by atoms with E-state index in [2.05, 4.69) is 47.6 Å². The summed E-state index contributed by atoms with van der Waals surface area (Å²) in [6, 6.07) is 0. The summed E-state index contributed by atoms with van der Waals surface area (Å²) in [6.45, 7) is 16.3. The van der Waals surface area contributed by atoms with Gasteiger partial charge in [0.25, 0.3) is 0 Å². The second kappa shape index (κ2) is 15.3. The first-order chi connectivity index (χ1) is 20.1. The van der Waals surface area contributed by atoms with E-state index >= 15 is 0 Å². The summed E-state index contributed by atoms with van der Waals surface area (Å²) in [6.07, 6.45) is 17.1. The molecule has 0 saturated heterocycles. The molecule has 44 heavy (non-hydrogen) atoms. The van der Waals surface area contributed by atoms with Gasteiger partial charge in [0.1, 0.15) is 13.2 Å². The van der Waals surface area contributed by atoms with Crippen molar-refractivity contribution in [2.75, 3.05) is 47.5 Å². The minimum atomic E-state index is -4.04. The van der Waals surface area contributed by atoms with E-state index < -0.39 is 7.82 Å². The van der Waals surface area contributed by atoms with Crippen LogP contribution in [0.25, 0.3) is 0 Å². The molecule has 10 atom stereocenters. The Hall–Kier alpha value is -0.270. The number of hydrogen-bond acceptors (Lipinski definition) is 5. The highest BCUT2D eigenvalue weighted by Crippen LogP contribution is 2.67. The minimum absolute atomic E-state index is 0. The summed E-state index contributed by atoms with van der Waals surface area (Å²) >= 11 is 0. The van der Waals surface area contributed by atoms with Crippen LogP contribution >= 0.6 is 7.82 Å². The summed E-state index contributed by atoms with van der Waals surface area (Å²) in [7, 11) is 2.02. The molecule has 0 bridgehead atoms. The predicted octanol–water partition coefficient (Wildman–Crippen LogP) is 8.71. The van der Waals surface area contributed by atoms with Crippen LogP contribution in [0.5, 0.6) is 0 Å². The number of nitrogens with zero attached hydrogens (tertiary/aromatic N) is 1. The van der Waals surface area contributed by atoms with Crippen molar-refractivity contribution in [2.24, 2.45) is 52.3 Å². The fraction of sp³-hybridized carbons (Fsp3) is 0.944. The van der Waals surface area contributed by atoms with Gasteiger partial charge in [0, 0.05) is 0 Å². The first kappa shape index (κ1) is 38.2. The van der Waals surface area contributed by atoms with Gasteiger partial charge in [-0.3, -0.25) is 9.05 Å². The number of hydrogen-bond donors (Lipinski definition) is 1. The maximum atomic E-state index is 12.2. The number of quaternary nitrogens is 1.